The molecule has 11 heteroatoms. The van der Waals surface area contributed by atoms with Crippen LogP contribution >= 0.6 is 11.3 Å². The number of aromatic nitrogens is 4. The lowest BCUT2D eigenvalue weighted by atomic mass is 9.61. The largest absolute Gasteiger partial charge is 0.481 e. The first-order chi connectivity index (χ1) is 16.4. The van der Waals surface area contributed by atoms with Crippen molar-refractivity contribution in [2.45, 2.75) is 38.2 Å². The molecule has 3 N–H and O–H groups in total. The number of anilines is 1. The van der Waals surface area contributed by atoms with Crippen LogP contribution in [-0.4, -0.2) is 37.1 Å². The fourth-order valence-corrected chi connectivity index (χ4v) is 6.51. The fourth-order valence-electron chi connectivity index (χ4n) is 5.61. The number of hydrogen-bond acceptors (Lipinski definition) is 6. The van der Waals surface area contributed by atoms with Gasteiger partial charge >= 0.3 is 5.97 Å². The van der Waals surface area contributed by atoms with Crippen LogP contribution in [0.5, 0.6) is 0 Å². The number of alkyl halides is 2. The molecule has 2 atom stereocenters. The number of carbonyl (C=O) groups is 1. The minimum Gasteiger partial charge on any atom is -0.481 e. The maximum atomic E-state index is 13.9. The summed E-state index contributed by atoms with van der Waals surface area (Å²) in [5.74, 6) is -1.14. The Bertz CT molecular complexity index is 1410. The molecule has 0 aliphatic heterocycles. The molecule has 0 amide bonds. The zero-order valence-corrected chi connectivity index (χ0v) is 18.6. The number of halogens is 3. The number of aromatic amines is 1. The van der Waals surface area contributed by atoms with Gasteiger partial charge in [0.25, 0.3) is 6.43 Å². The van der Waals surface area contributed by atoms with Gasteiger partial charge in [0.1, 0.15) is 17.3 Å². The maximum absolute atomic E-state index is 13.9. The maximum Gasteiger partial charge on any atom is 0.308 e. The number of carboxylic acids is 1. The Morgan fingerprint density at radius 1 is 1.18 bits per heavy atom. The number of carboxylic acid groups (broad SMARTS) is 1. The van der Waals surface area contributed by atoms with E-state index in [1.807, 2.05) is 0 Å². The van der Waals surface area contributed by atoms with E-state index >= 15 is 0 Å². The number of rotatable bonds is 5. The highest BCUT2D eigenvalue weighted by Crippen LogP contribution is 2.47. The van der Waals surface area contributed by atoms with Crippen molar-refractivity contribution >= 4 is 44.4 Å². The zero-order chi connectivity index (χ0) is 23.6. The molecule has 3 fully saturated rings. The van der Waals surface area contributed by atoms with Crippen molar-refractivity contribution in [2.75, 3.05) is 5.32 Å². The normalized spacial score (nSPS) is 24.4. The molecule has 0 saturated heterocycles. The Labute approximate surface area is 195 Å². The van der Waals surface area contributed by atoms with Gasteiger partial charge in [-0.1, -0.05) is 0 Å². The molecule has 176 valence electrons. The molecule has 4 aromatic heterocycles. The lowest BCUT2D eigenvalue weighted by Gasteiger charge is -2.47. The summed E-state index contributed by atoms with van der Waals surface area (Å²) >= 11 is 0.897. The SMILES string of the molecule is O=C(O)[C@H]1C2CCC(CC2)[C@@H]1Nc1nc(-c2c[nH]c3ncc(F)cc23)nc2cc(C(F)F)sc12. The molecule has 34 heavy (non-hydrogen) atoms. The van der Waals surface area contributed by atoms with Crippen LogP contribution in [0.3, 0.4) is 0 Å². The van der Waals surface area contributed by atoms with Crippen molar-refractivity contribution in [3.8, 4) is 11.4 Å². The summed E-state index contributed by atoms with van der Waals surface area (Å²) in [6.45, 7) is 0. The number of H-pyrrole nitrogens is 1. The summed E-state index contributed by atoms with van der Waals surface area (Å²) in [6, 6.07) is 2.29. The van der Waals surface area contributed by atoms with Gasteiger partial charge in [0.2, 0.25) is 0 Å². The van der Waals surface area contributed by atoms with E-state index in [2.05, 4.69) is 25.3 Å². The van der Waals surface area contributed by atoms with E-state index in [4.69, 9.17) is 0 Å². The van der Waals surface area contributed by atoms with Crippen LogP contribution in [0.15, 0.2) is 24.5 Å². The third-order valence-electron chi connectivity index (χ3n) is 7.15. The van der Waals surface area contributed by atoms with E-state index in [0.717, 1.165) is 43.2 Å². The van der Waals surface area contributed by atoms with Gasteiger partial charge < -0.3 is 15.4 Å². The van der Waals surface area contributed by atoms with Gasteiger partial charge in [0.05, 0.1) is 27.2 Å². The standard InChI is InChI=1S/C23H20F3N5O2S/c24-11-5-12-13(8-28-20(12)27-7-11)21-29-14-6-15(19(25)26)34-18(14)22(31-21)30-17-10-3-1-9(2-4-10)16(17)23(32)33/h5-10,16-17,19H,1-4H2,(H,27,28)(H,32,33)(H,29,30,31)/t9?,10?,16-,17-/m0/s1. The fraction of sp³-hybridized carbons (Fsp3) is 0.391. The lowest BCUT2D eigenvalue weighted by molar-refractivity contribution is -0.148. The summed E-state index contributed by atoms with van der Waals surface area (Å²) in [5.41, 5.74) is 1.26. The van der Waals surface area contributed by atoms with Gasteiger partial charge in [-0.15, -0.1) is 11.3 Å². The number of hydrogen-bond donors (Lipinski definition) is 3. The van der Waals surface area contributed by atoms with Gasteiger partial charge in [-0.05, 0) is 49.7 Å². The number of thiophene rings is 1. The molecule has 7 nitrogen and oxygen atoms in total. The minimum atomic E-state index is -2.67. The zero-order valence-electron chi connectivity index (χ0n) is 17.8. The molecular weight excluding hydrogens is 467 g/mol. The van der Waals surface area contributed by atoms with E-state index in [9.17, 15) is 23.1 Å². The molecule has 0 unspecified atom stereocenters. The van der Waals surface area contributed by atoms with E-state index < -0.39 is 24.1 Å². The summed E-state index contributed by atoms with van der Waals surface area (Å²) in [6.07, 6.45) is 3.64. The van der Waals surface area contributed by atoms with Crippen LogP contribution in [0.2, 0.25) is 0 Å². The summed E-state index contributed by atoms with van der Waals surface area (Å²) in [5, 5.41) is 13.7. The first-order valence-electron chi connectivity index (χ1n) is 11.1. The lowest BCUT2D eigenvalue weighted by Crippen LogP contribution is -2.51. The highest BCUT2D eigenvalue weighted by atomic mass is 32.1. The topological polar surface area (TPSA) is 104 Å². The average molecular weight is 488 g/mol. The quantitative estimate of drug-likeness (QED) is 0.338. The van der Waals surface area contributed by atoms with Gasteiger partial charge in [-0.25, -0.2) is 28.1 Å². The van der Waals surface area contributed by atoms with E-state index in [0.29, 0.717) is 32.6 Å². The molecule has 4 heterocycles. The highest BCUT2D eigenvalue weighted by Gasteiger charge is 2.47. The molecule has 0 spiro atoms. The van der Waals surface area contributed by atoms with Crippen LogP contribution in [0.25, 0.3) is 32.6 Å². The first kappa shape index (κ1) is 21.3. The van der Waals surface area contributed by atoms with Gasteiger partial charge in [-0.2, -0.15) is 0 Å². The van der Waals surface area contributed by atoms with Crippen molar-refractivity contribution in [1.82, 2.24) is 19.9 Å². The monoisotopic (exact) mass is 487 g/mol. The number of pyridine rings is 1. The van der Waals surface area contributed by atoms with Crippen LogP contribution < -0.4 is 5.32 Å². The molecule has 3 saturated carbocycles. The average Bonchev–Trinajstić information content (AvgIpc) is 3.43. The molecule has 7 rings (SSSR count). The number of nitrogens with zero attached hydrogens (tertiary/aromatic N) is 3. The molecule has 3 aliphatic rings. The van der Waals surface area contributed by atoms with Gasteiger partial charge in [0.15, 0.2) is 5.82 Å². The van der Waals surface area contributed by atoms with Crippen molar-refractivity contribution in [1.29, 1.82) is 0 Å². The van der Waals surface area contributed by atoms with E-state index in [-0.39, 0.29) is 28.6 Å². The van der Waals surface area contributed by atoms with Gasteiger partial charge in [-0.3, -0.25) is 4.79 Å². The second kappa shape index (κ2) is 7.93. The van der Waals surface area contributed by atoms with Crippen molar-refractivity contribution < 1.29 is 23.1 Å². The van der Waals surface area contributed by atoms with Crippen molar-refractivity contribution in [3.63, 3.8) is 0 Å². The molecule has 0 aromatic carbocycles. The van der Waals surface area contributed by atoms with Crippen molar-refractivity contribution in [2.24, 2.45) is 17.8 Å². The van der Waals surface area contributed by atoms with Crippen LogP contribution in [0, 0.1) is 23.6 Å². The molecular formula is C23H20F3N5O2S. The Morgan fingerprint density at radius 2 is 1.94 bits per heavy atom. The highest BCUT2D eigenvalue weighted by molar-refractivity contribution is 7.19. The second-order valence-electron chi connectivity index (χ2n) is 9.02. The smallest absolute Gasteiger partial charge is 0.308 e. The van der Waals surface area contributed by atoms with Crippen LogP contribution in [0.1, 0.15) is 37.0 Å². The van der Waals surface area contributed by atoms with E-state index in [1.54, 1.807) is 6.20 Å². The summed E-state index contributed by atoms with van der Waals surface area (Å²) in [7, 11) is 0. The van der Waals surface area contributed by atoms with Crippen molar-refractivity contribution in [3.05, 3.63) is 35.2 Å². The third kappa shape index (κ3) is 3.41. The molecule has 4 aromatic rings. The first-order valence-corrected chi connectivity index (χ1v) is 11.9. The third-order valence-corrected chi connectivity index (χ3v) is 8.29. The predicted molar refractivity (Wildman–Crippen MR) is 121 cm³/mol. The molecule has 3 aliphatic carbocycles. The Kier molecular flexibility index (Phi) is 4.98. The van der Waals surface area contributed by atoms with Crippen LogP contribution in [-0.2, 0) is 4.79 Å². The number of aliphatic carboxylic acids is 1. The second-order valence-corrected chi connectivity index (χ2v) is 10.1. The number of fused-ring (bicyclic) bond motifs is 5. The Morgan fingerprint density at radius 3 is 2.68 bits per heavy atom. The number of nitrogens with one attached hydrogen (secondary N) is 2. The molecule has 2 bridgehead atoms. The summed E-state index contributed by atoms with van der Waals surface area (Å²) in [4.78, 5) is 28.1. The minimum absolute atomic E-state index is 0.0828. The Hall–Kier alpha value is -3.21. The predicted octanol–water partition coefficient (Wildman–Crippen LogP) is 5.61. The van der Waals surface area contributed by atoms with Crippen LogP contribution in [0.4, 0.5) is 19.0 Å². The van der Waals surface area contributed by atoms with E-state index in [1.165, 1.54) is 12.1 Å². The summed E-state index contributed by atoms with van der Waals surface area (Å²) < 4.78 is 41.4. The molecule has 0 radical (unpaired) electrons. The Balaban J connectivity index is 1.50. The van der Waals surface area contributed by atoms with Gasteiger partial charge in [0, 0.05) is 23.2 Å².